The van der Waals surface area contributed by atoms with E-state index in [1.807, 2.05) is 11.0 Å². The number of aryl methyl sites for hydroxylation is 1. The Hall–Kier alpha value is -3.69. The number of rotatable bonds is 12. The Kier molecular flexibility index (Phi) is 9.04. The quantitative estimate of drug-likeness (QED) is 0.183. The van der Waals surface area contributed by atoms with Crippen LogP contribution in [0.2, 0.25) is 0 Å². The van der Waals surface area contributed by atoms with E-state index in [1.165, 1.54) is 24.3 Å². The summed E-state index contributed by atoms with van der Waals surface area (Å²) < 4.78 is 12.3. The molecule has 0 unspecified atom stereocenters. The average Bonchev–Trinajstić information content (AvgIpc) is 3.48. The smallest absolute Gasteiger partial charge is 0.337 e. The summed E-state index contributed by atoms with van der Waals surface area (Å²) >= 11 is 0. The van der Waals surface area contributed by atoms with Crippen molar-refractivity contribution in [3.05, 3.63) is 48.0 Å². The number of esters is 1. The summed E-state index contributed by atoms with van der Waals surface area (Å²) in [6.45, 7) is 1.08. The number of aliphatic carboxylic acids is 1. The molecule has 7 N–H and O–H groups in total. The van der Waals surface area contributed by atoms with Gasteiger partial charge in [-0.15, -0.1) is 0 Å². The number of imidazole rings is 1. The average molecular weight is 544 g/mol. The molecule has 14 nitrogen and oxygen atoms in total. The maximum Gasteiger partial charge on any atom is 0.337 e. The van der Waals surface area contributed by atoms with E-state index in [-0.39, 0.29) is 18.8 Å². The van der Waals surface area contributed by atoms with E-state index in [4.69, 9.17) is 20.9 Å². The molecule has 14 heteroatoms. The summed E-state index contributed by atoms with van der Waals surface area (Å²) in [5, 5.41) is 30.8. The van der Waals surface area contributed by atoms with Crippen molar-refractivity contribution in [2.75, 3.05) is 32.5 Å². The lowest BCUT2D eigenvalue weighted by atomic mass is 10.1. The van der Waals surface area contributed by atoms with E-state index in [2.05, 4.69) is 15.0 Å². The number of nitrogens with two attached hydrogens (primary N) is 2. The number of carboxylic acids is 1. The molecule has 1 saturated heterocycles. The molecule has 5 atom stereocenters. The Morgan fingerprint density at radius 2 is 2.00 bits per heavy atom. The minimum absolute atomic E-state index is 0.182. The summed E-state index contributed by atoms with van der Waals surface area (Å²) in [5.74, 6) is -1.33. The number of aliphatic hydroxyl groups is 2. The van der Waals surface area contributed by atoms with E-state index < -0.39 is 42.5 Å². The van der Waals surface area contributed by atoms with Crippen molar-refractivity contribution in [1.82, 2.24) is 24.4 Å². The summed E-state index contributed by atoms with van der Waals surface area (Å²) in [4.78, 5) is 37.3. The highest BCUT2D eigenvalue weighted by atomic mass is 16.6. The standard InChI is InChI=1S/C25H33N7O7/c1-38-25(37)15-6-2-4-14(10-15)5-3-8-31(9-7-16(26)24(35)36)11-17-19(33)20(34)23(39-17)32-13-30-18-21(27)28-12-29-22(18)32/h2,4,6,10,12-13,16-17,19-20,23,33-34H,3,5,7-9,11,26H2,1H3,(H,35,36)(H2,27,28,29)/t16-,17+,19+,20+,23+/m0/s1. The Morgan fingerprint density at radius 3 is 2.74 bits per heavy atom. The number of hydrogen-bond donors (Lipinski definition) is 5. The second kappa shape index (κ2) is 12.4. The molecule has 1 aromatic carbocycles. The topological polar surface area (TPSA) is 212 Å². The van der Waals surface area contributed by atoms with Gasteiger partial charge in [-0.25, -0.2) is 19.7 Å². The highest BCUT2D eigenvalue weighted by Gasteiger charge is 2.44. The summed E-state index contributed by atoms with van der Waals surface area (Å²) in [7, 11) is 1.33. The van der Waals surface area contributed by atoms with Gasteiger partial charge >= 0.3 is 11.9 Å². The lowest BCUT2D eigenvalue weighted by Crippen LogP contribution is -2.43. The minimum atomic E-state index is -1.27. The molecule has 39 heavy (non-hydrogen) atoms. The van der Waals surface area contributed by atoms with Crippen LogP contribution < -0.4 is 11.5 Å². The molecule has 0 saturated carbocycles. The van der Waals surface area contributed by atoms with E-state index in [0.29, 0.717) is 42.7 Å². The molecular formula is C25H33N7O7. The molecule has 0 radical (unpaired) electrons. The number of aliphatic hydroxyl groups excluding tert-OH is 2. The van der Waals surface area contributed by atoms with Gasteiger partial charge in [-0.2, -0.15) is 0 Å². The minimum Gasteiger partial charge on any atom is -0.480 e. The van der Waals surface area contributed by atoms with Crippen molar-refractivity contribution < 1.29 is 34.4 Å². The van der Waals surface area contributed by atoms with E-state index in [9.17, 15) is 24.9 Å². The summed E-state index contributed by atoms with van der Waals surface area (Å²) in [6.07, 6.45) is -0.0440. The molecule has 0 spiro atoms. The van der Waals surface area contributed by atoms with Gasteiger partial charge in [0.05, 0.1) is 19.0 Å². The van der Waals surface area contributed by atoms with Gasteiger partial charge in [-0.3, -0.25) is 9.36 Å². The number of hydrogen-bond acceptors (Lipinski definition) is 12. The fraction of sp³-hybridized carbons (Fsp3) is 0.480. The number of nitrogens with zero attached hydrogens (tertiary/aromatic N) is 5. The Balaban J connectivity index is 1.44. The number of anilines is 1. The van der Waals surface area contributed by atoms with Crippen LogP contribution in [0.4, 0.5) is 5.82 Å². The number of fused-ring (bicyclic) bond motifs is 1. The van der Waals surface area contributed by atoms with Crippen LogP contribution in [0.5, 0.6) is 0 Å². The molecule has 3 heterocycles. The largest absolute Gasteiger partial charge is 0.480 e. The fourth-order valence-electron chi connectivity index (χ4n) is 4.64. The normalized spacial score (nSPS) is 21.9. The van der Waals surface area contributed by atoms with Gasteiger partial charge in [0, 0.05) is 13.1 Å². The Bertz CT molecular complexity index is 1300. The van der Waals surface area contributed by atoms with Crippen molar-refractivity contribution in [2.45, 2.75) is 49.8 Å². The van der Waals surface area contributed by atoms with Crippen molar-refractivity contribution in [1.29, 1.82) is 0 Å². The van der Waals surface area contributed by atoms with Crippen LogP contribution in [0.25, 0.3) is 11.2 Å². The second-order valence-electron chi connectivity index (χ2n) is 9.46. The van der Waals surface area contributed by atoms with Crippen molar-refractivity contribution in [2.24, 2.45) is 5.73 Å². The van der Waals surface area contributed by atoms with Crippen molar-refractivity contribution >= 4 is 28.9 Å². The third-order valence-corrected chi connectivity index (χ3v) is 6.80. The monoisotopic (exact) mass is 543 g/mol. The molecule has 2 aromatic heterocycles. The number of carbonyl (C=O) groups excluding carboxylic acids is 1. The first-order valence-electron chi connectivity index (χ1n) is 12.5. The molecule has 1 aliphatic heterocycles. The van der Waals surface area contributed by atoms with Gasteiger partial charge in [-0.1, -0.05) is 12.1 Å². The van der Waals surface area contributed by atoms with Gasteiger partial charge in [0.2, 0.25) is 0 Å². The molecule has 0 aliphatic carbocycles. The number of methoxy groups -OCH3 is 1. The van der Waals surface area contributed by atoms with Crippen LogP contribution in [0.3, 0.4) is 0 Å². The van der Waals surface area contributed by atoms with Gasteiger partial charge in [-0.05, 0) is 43.5 Å². The molecular weight excluding hydrogens is 510 g/mol. The number of nitrogen functional groups attached to an aromatic ring is 1. The first-order chi connectivity index (χ1) is 18.7. The first-order valence-corrected chi connectivity index (χ1v) is 12.5. The lowest BCUT2D eigenvalue weighted by Gasteiger charge is -2.27. The van der Waals surface area contributed by atoms with Crippen LogP contribution >= 0.6 is 0 Å². The van der Waals surface area contributed by atoms with E-state index >= 15 is 0 Å². The third-order valence-electron chi connectivity index (χ3n) is 6.80. The molecule has 4 rings (SSSR count). The maximum absolute atomic E-state index is 11.8. The molecule has 1 aliphatic rings. The molecule has 0 amide bonds. The summed E-state index contributed by atoms with van der Waals surface area (Å²) in [5.41, 5.74) is 13.7. The predicted octanol–water partition coefficient (Wildman–Crippen LogP) is -0.449. The van der Waals surface area contributed by atoms with Gasteiger partial charge in [0.1, 0.15) is 36.2 Å². The highest BCUT2D eigenvalue weighted by molar-refractivity contribution is 5.89. The predicted molar refractivity (Wildman–Crippen MR) is 138 cm³/mol. The van der Waals surface area contributed by atoms with Crippen LogP contribution in [0, 0.1) is 0 Å². The Morgan fingerprint density at radius 1 is 1.21 bits per heavy atom. The summed E-state index contributed by atoms with van der Waals surface area (Å²) in [6, 6.07) is 6.10. The van der Waals surface area contributed by atoms with Crippen LogP contribution in [0.15, 0.2) is 36.9 Å². The van der Waals surface area contributed by atoms with Crippen LogP contribution in [-0.4, -0.2) is 103 Å². The maximum atomic E-state index is 11.8. The third kappa shape index (κ3) is 6.49. The zero-order valence-electron chi connectivity index (χ0n) is 21.5. The first kappa shape index (κ1) is 28.3. The SMILES string of the molecule is COC(=O)c1cccc(CCCN(CC[C@H](N)C(=O)O)C[C@H]2O[C@@H](n3cnc4c(N)ncnc43)[C@H](O)[C@@H]2O)c1. The van der Waals surface area contributed by atoms with Gasteiger partial charge in [0.25, 0.3) is 0 Å². The number of aromatic nitrogens is 4. The number of carboxylic acid groups (broad SMARTS) is 1. The zero-order valence-corrected chi connectivity index (χ0v) is 21.5. The lowest BCUT2D eigenvalue weighted by molar-refractivity contribution is -0.138. The molecule has 3 aromatic rings. The molecule has 210 valence electrons. The Labute approximate surface area is 224 Å². The van der Waals surface area contributed by atoms with Gasteiger partial charge in [0.15, 0.2) is 17.7 Å². The zero-order chi connectivity index (χ0) is 28.1. The van der Waals surface area contributed by atoms with E-state index in [0.717, 1.165) is 5.56 Å². The second-order valence-corrected chi connectivity index (χ2v) is 9.46. The highest BCUT2D eigenvalue weighted by Crippen LogP contribution is 2.32. The number of carbonyl (C=O) groups is 2. The van der Waals surface area contributed by atoms with E-state index in [1.54, 1.807) is 18.2 Å². The molecule has 0 bridgehead atoms. The van der Waals surface area contributed by atoms with Gasteiger partial charge < -0.3 is 41.2 Å². The van der Waals surface area contributed by atoms with Crippen molar-refractivity contribution in [3.63, 3.8) is 0 Å². The number of benzene rings is 1. The number of ether oxygens (including phenoxy) is 2. The van der Waals surface area contributed by atoms with Crippen molar-refractivity contribution in [3.8, 4) is 0 Å². The molecule has 1 fully saturated rings. The van der Waals surface area contributed by atoms with Crippen LogP contribution in [-0.2, 0) is 20.7 Å². The fourth-order valence-corrected chi connectivity index (χ4v) is 4.64. The van der Waals surface area contributed by atoms with Crippen LogP contribution in [0.1, 0.15) is 35.0 Å².